The van der Waals surface area contributed by atoms with Gasteiger partial charge in [-0.1, -0.05) is 19.6 Å². The molecule has 4 nitrogen and oxygen atoms in total. The number of nitrogens with zero attached hydrogens (tertiary/aromatic N) is 3. The highest BCUT2D eigenvalue weighted by Gasteiger charge is 2.12. The molecule has 18 heavy (non-hydrogen) atoms. The first-order valence-electron chi connectivity index (χ1n) is 6.01. The van der Waals surface area contributed by atoms with Crippen molar-refractivity contribution in [2.45, 2.75) is 32.4 Å². The van der Waals surface area contributed by atoms with E-state index >= 15 is 0 Å². The summed E-state index contributed by atoms with van der Waals surface area (Å²) >= 11 is 2.30. The predicted molar refractivity (Wildman–Crippen MR) is 84.4 cm³/mol. The molecule has 2 heterocycles. The van der Waals surface area contributed by atoms with Gasteiger partial charge in [0.15, 0.2) is 5.65 Å². The third-order valence-electron chi connectivity index (χ3n) is 2.70. The molecule has 0 saturated heterocycles. The fourth-order valence-electron chi connectivity index (χ4n) is 1.57. The molecular formula is C12H18IN3OSi. The Kier molecular flexibility index (Phi) is 4.39. The number of rotatable bonds is 5. The standard InChI is InChI=1S/C12H18IN3OSi/c1-18(2,3)7-6-17-9-16-12-10(8-15-16)11(13)4-5-14-12/h4-5,8H,6-7,9H2,1-3H3. The van der Waals surface area contributed by atoms with Crippen LogP contribution in [-0.4, -0.2) is 29.4 Å². The minimum absolute atomic E-state index is 0.487. The molecule has 0 spiro atoms. The van der Waals surface area contributed by atoms with Crippen LogP contribution in [-0.2, 0) is 11.5 Å². The Morgan fingerprint density at radius 1 is 1.39 bits per heavy atom. The molecule has 0 saturated carbocycles. The first kappa shape index (κ1) is 13.9. The Hall–Kier alpha value is -0.473. The van der Waals surface area contributed by atoms with E-state index in [4.69, 9.17) is 4.74 Å². The monoisotopic (exact) mass is 375 g/mol. The first-order chi connectivity index (χ1) is 8.47. The molecule has 0 aliphatic rings. The van der Waals surface area contributed by atoms with Gasteiger partial charge in [-0.05, 0) is 34.7 Å². The highest BCUT2D eigenvalue weighted by Crippen LogP contribution is 2.17. The number of fused-ring (bicyclic) bond motifs is 1. The molecule has 0 aliphatic carbocycles. The van der Waals surface area contributed by atoms with E-state index in [9.17, 15) is 0 Å². The molecule has 0 unspecified atom stereocenters. The van der Waals surface area contributed by atoms with E-state index in [0.717, 1.165) is 17.6 Å². The van der Waals surface area contributed by atoms with Crippen LogP contribution in [0.1, 0.15) is 0 Å². The SMILES string of the molecule is C[Si](C)(C)CCOCn1ncc2c(I)ccnc21. The maximum atomic E-state index is 5.69. The molecule has 0 N–H and O–H groups in total. The van der Waals surface area contributed by atoms with E-state index in [2.05, 4.69) is 52.3 Å². The Balaban J connectivity index is 1.98. The van der Waals surface area contributed by atoms with Gasteiger partial charge < -0.3 is 4.74 Å². The van der Waals surface area contributed by atoms with Gasteiger partial charge in [-0.3, -0.25) is 0 Å². The number of halogens is 1. The van der Waals surface area contributed by atoms with Crippen LogP contribution in [0.3, 0.4) is 0 Å². The van der Waals surface area contributed by atoms with Gasteiger partial charge in [-0.15, -0.1) is 0 Å². The molecular weight excluding hydrogens is 357 g/mol. The normalized spacial score (nSPS) is 12.2. The molecule has 98 valence electrons. The lowest BCUT2D eigenvalue weighted by atomic mass is 10.4. The molecule has 0 aliphatic heterocycles. The summed E-state index contributed by atoms with van der Waals surface area (Å²) in [6.07, 6.45) is 3.66. The minimum atomic E-state index is -1.01. The second-order valence-electron chi connectivity index (χ2n) is 5.52. The average molecular weight is 375 g/mol. The molecule has 0 radical (unpaired) electrons. The van der Waals surface area contributed by atoms with Gasteiger partial charge in [0.2, 0.25) is 0 Å². The highest BCUT2D eigenvalue weighted by atomic mass is 127. The predicted octanol–water partition coefficient (Wildman–Crippen LogP) is 3.35. The summed E-state index contributed by atoms with van der Waals surface area (Å²) in [4.78, 5) is 4.35. The van der Waals surface area contributed by atoms with E-state index in [1.54, 1.807) is 0 Å². The van der Waals surface area contributed by atoms with Crippen LogP contribution >= 0.6 is 22.6 Å². The van der Waals surface area contributed by atoms with Crippen molar-refractivity contribution in [1.82, 2.24) is 14.8 Å². The largest absolute Gasteiger partial charge is 0.359 e. The van der Waals surface area contributed by atoms with Crippen molar-refractivity contribution < 1.29 is 4.74 Å². The molecule has 0 fully saturated rings. The van der Waals surface area contributed by atoms with Crippen LogP contribution in [0.2, 0.25) is 25.7 Å². The number of hydrogen-bond donors (Lipinski definition) is 0. The van der Waals surface area contributed by atoms with Gasteiger partial charge in [0.1, 0.15) is 6.73 Å². The van der Waals surface area contributed by atoms with E-state index in [0.29, 0.717) is 6.73 Å². The van der Waals surface area contributed by atoms with Gasteiger partial charge in [-0.25, -0.2) is 9.67 Å². The summed E-state index contributed by atoms with van der Waals surface area (Å²) in [7, 11) is -1.01. The molecule has 0 aromatic carbocycles. The van der Waals surface area contributed by atoms with Crippen molar-refractivity contribution in [1.29, 1.82) is 0 Å². The third kappa shape index (κ3) is 3.52. The first-order valence-corrected chi connectivity index (χ1v) is 10.8. The van der Waals surface area contributed by atoms with Crippen molar-refractivity contribution in [2.75, 3.05) is 6.61 Å². The molecule has 2 aromatic heterocycles. The van der Waals surface area contributed by atoms with Crippen LogP contribution in [0.15, 0.2) is 18.5 Å². The van der Waals surface area contributed by atoms with E-state index < -0.39 is 8.07 Å². The zero-order chi connectivity index (χ0) is 13.2. The highest BCUT2D eigenvalue weighted by molar-refractivity contribution is 14.1. The van der Waals surface area contributed by atoms with Gasteiger partial charge in [-0.2, -0.15) is 5.10 Å². The van der Waals surface area contributed by atoms with Gasteiger partial charge in [0.25, 0.3) is 0 Å². The van der Waals surface area contributed by atoms with Crippen molar-refractivity contribution in [3.8, 4) is 0 Å². The molecule has 6 heteroatoms. The smallest absolute Gasteiger partial charge is 0.161 e. The average Bonchev–Trinajstić information content (AvgIpc) is 2.68. The summed E-state index contributed by atoms with van der Waals surface area (Å²) in [6, 6.07) is 3.16. The van der Waals surface area contributed by atoms with Crippen LogP contribution < -0.4 is 0 Å². The van der Waals surface area contributed by atoms with E-state index in [-0.39, 0.29) is 0 Å². The lowest BCUT2D eigenvalue weighted by Crippen LogP contribution is -2.22. The van der Waals surface area contributed by atoms with Crippen molar-refractivity contribution in [3.63, 3.8) is 0 Å². The fourth-order valence-corrected chi connectivity index (χ4v) is 2.87. The summed E-state index contributed by atoms with van der Waals surface area (Å²) < 4.78 is 8.69. The zero-order valence-electron chi connectivity index (χ0n) is 11.0. The van der Waals surface area contributed by atoms with Gasteiger partial charge in [0, 0.05) is 24.4 Å². The number of ether oxygens (including phenoxy) is 1. The third-order valence-corrected chi connectivity index (χ3v) is 5.34. The fraction of sp³-hybridized carbons (Fsp3) is 0.500. The Morgan fingerprint density at radius 2 is 2.17 bits per heavy atom. The van der Waals surface area contributed by atoms with Crippen LogP contribution in [0.4, 0.5) is 0 Å². The van der Waals surface area contributed by atoms with Crippen molar-refractivity contribution in [2.24, 2.45) is 0 Å². The maximum Gasteiger partial charge on any atom is 0.161 e. The lowest BCUT2D eigenvalue weighted by molar-refractivity contribution is 0.0813. The maximum absolute atomic E-state index is 5.69. The molecule has 0 amide bonds. The quantitative estimate of drug-likeness (QED) is 0.457. The van der Waals surface area contributed by atoms with Gasteiger partial charge in [0.05, 0.1) is 11.6 Å². The van der Waals surface area contributed by atoms with Crippen LogP contribution in [0, 0.1) is 3.57 Å². The molecule has 2 rings (SSSR count). The van der Waals surface area contributed by atoms with Crippen molar-refractivity contribution >= 4 is 41.7 Å². The Labute approximate surface area is 122 Å². The Morgan fingerprint density at radius 3 is 2.89 bits per heavy atom. The van der Waals surface area contributed by atoms with Crippen molar-refractivity contribution in [3.05, 3.63) is 22.0 Å². The number of aromatic nitrogens is 3. The minimum Gasteiger partial charge on any atom is -0.359 e. The lowest BCUT2D eigenvalue weighted by Gasteiger charge is -2.15. The summed E-state index contributed by atoms with van der Waals surface area (Å²) in [6.45, 7) is 8.35. The molecule has 0 bridgehead atoms. The van der Waals surface area contributed by atoms with E-state index in [1.807, 2.05) is 23.1 Å². The second-order valence-corrected chi connectivity index (χ2v) is 12.3. The number of pyridine rings is 1. The second kappa shape index (κ2) is 5.66. The zero-order valence-corrected chi connectivity index (χ0v) is 14.1. The van der Waals surface area contributed by atoms with Gasteiger partial charge >= 0.3 is 0 Å². The summed E-state index contributed by atoms with van der Waals surface area (Å²) in [5, 5.41) is 5.42. The number of hydrogen-bond acceptors (Lipinski definition) is 3. The van der Waals surface area contributed by atoms with E-state index in [1.165, 1.54) is 9.61 Å². The molecule has 0 atom stereocenters. The van der Waals surface area contributed by atoms with Crippen LogP contribution in [0.25, 0.3) is 11.0 Å². The Bertz CT molecular complexity index is 536. The summed E-state index contributed by atoms with van der Waals surface area (Å²) in [5.74, 6) is 0. The summed E-state index contributed by atoms with van der Waals surface area (Å²) in [5.41, 5.74) is 0.898. The van der Waals surface area contributed by atoms with Crippen LogP contribution in [0.5, 0.6) is 0 Å². The molecule has 2 aromatic rings. The topological polar surface area (TPSA) is 39.9 Å².